The minimum absolute atomic E-state index is 0.0486. The standard InChI is InChI=1S/C54H94N6O9/c1-31(2)44(27-37(10)47(61)56-41(14)25-35(8)50(64)60-46(33(5)6)29-39(12)52(66)68-30-43-22-20-19-21-23-43)58-49(63)34(7)24-40(13)55-48(62)38(11)28-45(32(3)4)59-51(65)36(9)26-42(15)57-53(67)69-54(16,17)18/h19-23,31-42,44-46H,24-30H2,1-18H3,(H,55,62)(H,56,61)(H,57,67)(H,58,63)(H,59,65)(H,60,64)/t34-,35-,36-,37-,38-,39-,40-,41-,42-,44+,45+,46+/m0/s1. The molecule has 0 radical (unpaired) electrons. The van der Waals surface area contributed by atoms with Gasteiger partial charge in [-0.1, -0.05) is 113 Å². The Morgan fingerprint density at radius 1 is 0.420 bits per heavy atom. The van der Waals surface area contributed by atoms with Crippen LogP contribution < -0.4 is 31.9 Å². The summed E-state index contributed by atoms with van der Waals surface area (Å²) >= 11 is 0. The number of carbonyl (C=O) groups excluding carboxylic acids is 7. The van der Waals surface area contributed by atoms with Gasteiger partial charge in [-0.3, -0.25) is 28.8 Å². The van der Waals surface area contributed by atoms with Crippen LogP contribution in [0.4, 0.5) is 4.79 Å². The zero-order valence-electron chi connectivity index (χ0n) is 45.7. The number of hydrogen-bond acceptors (Lipinski definition) is 9. The maximum atomic E-state index is 13.5. The topological polar surface area (TPSA) is 210 Å². The number of alkyl carbamates (subject to hydrolysis) is 1. The Bertz CT molecular complexity index is 1770. The quantitative estimate of drug-likeness (QED) is 0.0427. The molecule has 1 rings (SSSR count). The van der Waals surface area contributed by atoms with Crippen LogP contribution in [0.15, 0.2) is 30.3 Å². The molecule has 0 aliphatic rings. The molecule has 69 heavy (non-hydrogen) atoms. The Balaban J connectivity index is 2.66. The van der Waals surface area contributed by atoms with Crippen LogP contribution in [0.1, 0.15) is 169 Å². The third-order valence-electron chi connectivity index (χ3n) is 12.7. The first-order valence-corrected chi connectivity index (χ1v) is 25.6. The minimum Gasteiger partial charge on any atom is -0.461 e. The Morgan fingerprint density at radius 2 is 0.725 bits per heavy atom. The van der Waals surface area contributed by atoms with Crippen LogP contribution in [0.5, 0.6) is 0 Å². The molecular weight excluding hydrogens is 877 g/mol. The largest absolute Gasteiger partial charge is 0.461 e. The second-order valence-corrected chi connectivity index (χ2v) is 22.4. The molecule has 0 unspecified atom stereocenters. The van der Waals surface area contributed by atoms with E-state index in [4.69, 9.17) is 9.47 Å². The van der Waals surface area contributed by atoms with E-state index in [2.05, 4.69) is 31.9 Å². The van der Waals surface area contributed by atoms with Gasteiger partial charge in [-0.05, 0) is 103 Å². The summed E-state index contributed by atoms with van der Waals surface area (Å²) in [4.78, 5) is 91.9. The van der Waals surface area contributed by atoms with Crippen LogP contribution in [0.3, 0.4) is 0 Å². The SMILES string of the molecule is CC(C)[C@@H](C[C@H](C)C(=O)N[C@@H](C)C[C@H](C)C(=O)N[C@H](C[C@H](C)C(=O)N[C@@H](C)C[C@H](C)C(=O)N[C@H](C[C@H](C)C(=O)OCc1ccccc1)C(C)C)C(C)C)NC(=O)[C@@H](C)C[C@H](C)NC(=O)OC(C)(C)C. The lowest BCUT2D eigenvalue weighted by atomic mass is 9.91. The van der Waals surface area contributed by atoms with Crippen molar-refractivity contribution in [1.82, 2.24) is 31.9 Å². The van der Waals surface area contributed by atoms with Gasteiger partial charge in [0, 0.05) is 65.8 Å². The molecule has 394 valence electrons. The lowest BCUT2D eigenvalue weighted by molar-refractivity contribution is -0.150. The van der Waals surface area contributed by atoms with Gasteiger partial charge in [0.1, 0.15) is 12.2 Å². The van der Waals surface area contributed by atoms with Crippen molar-refractivity contribution in [2.75, 3.05) is 0 Å². The van der Waals surface area contributed by atoms with Crippen LogP contribution in [0.2, 0.25) is 0 Å². The summed E-state index contributed by atoms with van der Waals surface area (Å²) < 4.78 is 10.9. The fourth-order valence-electron chi connectivity index (χ4n) is 8.16. The van der Waals surface area contributed by atoms with E-state index in [1.807, 2.05) is 134 Å². The Kier molecular flexibility index (Phi) is 27.2. The van der Waals surface area contributed by atoms with Gasteiger partial charge in [-0.25, -0.2) is 4.79 Å². The predicted molar refractivity (Wildman–Crippen MR) is 273 cm³/mol. The summed E-state index contributed by atoms with van der Waals surface area (Å²) in [5, 5.41) is 18.3. The van der Waals surface area contributed by atoms with E-state index in [-0.39, 0.29) is 102 Å². The van der Waals surface area contributed by atoms with Crippen LogP contribution in [0, 0.1) is 53.3 Å². The summed E-state index contributed by atoms with van der Waals surface area (Å²) in [5.74, 6) is -3.30. The second kappa shape index (κ2) is 30.1. The van der Waals surface area contributed by atoms with Crippen molar-refractivity contribution in [3.63, 3.8) is 0 Å². The molecule has 0 heterocycles. The molecule has 15 heteroatoms. The van der Waals surface area contributed by atoms with Crippen molar-refractivity contribution in [2.24, 2.45) is 53.3 Å². The highest BCUT2D eigenvalue weighted by Gasteiger charge is 2.31. The van der Waals surface area contributed by atoms with Gasteiger partial charge >= 0.3 is 12.1 Å². The van der Waals surface area contributed by atoms with Gasteiger partial charge in [0.2, 0.25) is 29.5 Å². The molecule has 0 saturated carbocycles. The number of ether oxygens (including phenoxy) is 2. The monoisotopic (exact) mass is 971 g/mol. The maximum Gasteiger partial charge on any atom is 0.407 e. The summed E-state index contributed by atoms with van der Waals surface area (Å²) in [6.45, 7) is 34.1. The van der Waals surface area contributed by atoms with Gasteiger partial charge in [0.25, 0.3) is 0 Å². The number of carbonyl (C=O) groups is 7. The van der Waals surface area contributed by atoms with E-state index >= 15 is 0 Å². The van der Waals surface area contributed by atoms with Crippen molar-refractivity contribution in [1.29, 1.82) is 0 Å². The normalized spacial score (nSPS) is 17.1. The first-order valence-electron chi connectivity index (χ1n) is 25.6. The number of nitrogens with one attached hydrogen (secondary N) is 6. The maximum absolute atomic E-state index is 13.5. The molecule has 0 aliphatic heterocycles. The van der Waals surface area contributed by atoms with Crippen molar-refractivity contribution in [3.05, 3.63) is 35.9 Å². The fourth-order valence-corrected chi connectivity index (χ4v) is 8.16. The average Bonchev–Trinajstić information content (AvgIpc) is 3.23. The summed E-state index contributed by atoms with van der Waals surface area (Å²) in [5.41, 5.74) is 0.287. The molecule has 1 aromatic rings. The summed E-state index contributed by atoms with van der Waals surface area (Å²) in [6, 6.07) is 7.88. The smallest absolute Gasteiger partial charge is 0.407 e. The lowest BCUT2D eigenvalue weighted by Gasteiger charge is -2.29. The van der Waals surface area contributed by atoms with Crippen LogP contribution in [0.25, 0.3) is 0 Å². The molecule has 6 N–H and O–H groups in total. The first-order chi connectivity index (χ1) is 31.9. The number of esters is 1. The van der Waals surface area contributed by atoms with E-state index in [0.717, 1.165) is 5.56 Å². The van der Waals surface area contributed by atoms with E-state index in [1.165, 1.54) is 0 Å². The van der Waals surface area contributed by atoms with Crippen LogP contribution in [-0.4, -0.2) is 83.5 Å². The third kappa shape index (κ3) is 25.1. The Morgan fingerprint density at radius 3 is 1.06 bits per heavy atom. The van der Waals surface area contributed by atoms with Crippen molar-refractivity contribution >= 4 is 41.6 Å². The Hall–Kier alpha value is -4.69. The molecule has 0 saturated heterocycles. The van der Waals surface area contributed by atoms with Crippen molar-refractivity contribution in [2.45, 2.75) is 212 Å². The van der Waals surface area contributed by atoms with Crippen LogP contribution in [-0.2, 0) is 44.8 Å². The van der Waals surface area contributed by atoms with Gasteiger partial charge in [-0.15, -0.1) is 0 Å². The van der Waals surface area contributed by atoms with E-state index in [0.29, 0.717) is 38.5 Å². The number of amides is 6. The molecule has 0 aromatic heterocycles. The average molecular weight is 971 g/mol. The third-order valence-corrected chi connectivity index (χ3v) is 12.7. The molecule has 0 aliphatic carbocycles. The van der Waals surface area contributed by atoms with E-state index < -0.39 is 41.3 Å². The molecule has 0 bridgehead atoms. The Labute approximate surface area is 416 Å². The minimum atomic E-state index is -0.624. The highest BCUT2D eigenvalue weighted by molar-refractivity contribution is 5.82. The second-order valence-electron chi connectivity index (χ2n) is 22.4. The van der Waals surface area contributed by atoms with Crippen molar-refractivity contribution < 1.29 is 43.0 Å². The molecular formula is C54H94N6O9. The lowest BCUT2D eigenvalue weighted by Crippen LogP contribution is -2.47. The van der Waals surface area contributed by atoms with E-state index in [9.17, 15) is 33.6 Å². The van der Waals surface area contributed by atoms with Crippen LogP contribution >= 0.6 is 0 Å². The van der Waals surface area contributed by atoms with E-state index in [1.54, 1.807) is 20.8 Å². The summed E-state index contributed by atoms with van der Waals surface area (Å²) in [6.07, 6.45) is 2.01. The molecule has 0 spiro atoms. The molecule has 15 nitrogen and oxygen atoms in total. The van der Waals surface area contributed by atoms with Crippen molar-refractivity contribution in [3.8, 4) is 0 Å². The van der Waals surface area contributed by atoms with Gasteiger partial charge in [0.05, 0.1) is 5.92 Å². The highest BCUT2D eigenvalue weighted by Crippen LogP contribution is 2.21. The highest BCUT2D eigenvalue weighted by atomic mass is 16.6. The predicted octanol–water partition coefficient (Wildman–Crippen LogP) is 8.23. The molecule has 0 fully saturated rings. The zero-order valence-corrected chi connectivity index (χ0v) is 45.7. The molecule has 6 amide bonds. The number of rotatable bonds is 29. The van der Waals surface area contributed by atoms with Gasteiger partial charge < -0.3 is 41.4 Å². The van der Waals surface area contributed by atoms with Gasteiger partial charge in [0.15, 0.2) is 0 Å². The fraction of sp³-hybridized carbons (Fsp3) is 0.759. The van der Waals surface area contributed by atoms with Gasteiger partial charge in [-0.2, -0.15) is 0 Å². The number of benzene rings is 1. The summed E-state index contributed by atoms with van der Waals surface area (Å²) in [7, 11) is 0. The first kappa shape index (κ1) is 62.3. The zero-order chi connectivity index (χ0) is 52.9. The molecule has 12 atom stereocenters. The molecule has 1 aromatic carbocycles. The number of hydrogen-bond donors (Lipinski definition) is 6.